The van der Waals surface area contributed by atoms with E-state index >= 15 is 0 Å². The average Bonchev–Trinajstić information content (AvgIpc) is 3.44. The van der Waals surface area contributed by atoms with E-state index in [1.54, 1.807) is 0 Å². The van der Waals surface area contributed by atoms with Gasteiger partial charge in [-0.1, -0.05) is 24.4 Å². The summed E-state index contributed by atoms with van der Waals surface area (Å²) in [5.41, 5.74) is -0.0978. The topological polar surface area (TPSA) is 97.5 Å². The second-order valence-corrected chi connectivity index (χ2v) is 7.58. The van der Waals surface area contributed by atoms with Crippen molar-refractivity contribution >= 4 is 16.8 Å². The van der Waals surface area contributed by atoms with E-state index in [9.17, 15) is 18.4 Å². The quantitative estimate of drug-likeness (QED) is 0.757. The molecule has 2 aromatic rings. The van der Waals surface area contributed by atoms with Gasteiger partial charge in [0.2, 0.25) is 11.6 Å². The molecular weight excluding hydrogens is 372 g/mol. The summed E-state index contributed by atoms with van der Waals surface area (Å²) in [6.45, 7) is 0. The number of hydrogen-bond acceptors (Lipinski definition) is 6. The van der Waals surface area contributed by atoms with Crippen molar-refractivity contribution in [2.24, 2.45) is 11.1 Å². The Hall–Kier alpha value is -2.58. The van der Waals surface area contributed by atoms with Crippen molar-refractivity contribution in [3.8, 4) is 6.01 Å². The predicted octanol–water partition coefficient (Wildman–Crippen LogP) is 3.55. The highest BCUT2D eigenvalue weighted by Crippen LogP contribution is 2.34. The molecule has 2 aliphatic rings. The van der Waals surface area contributed by atoms with Gasteiger partial charge in [-0.2, -0.15) is 4.98 Å². The Morgan fingerprint density at radius 1 is 1.29 bits per heavy atom. The Morgan fingerprint density at radius 3 is 2.75 bits per heavy atom. The monoisotopic (exact) mass is 393 g/mol. The summed E-state index contributed by atoms with van der Waals surface area (Å²) < 4.78 is 31.4. The summed E-state index contributed by atoms with van der Waals surface area (Å²) in [6.07, 6.45) is 4.73. The highest BCUT2D eigenvalue weighted by atomic mass is 19.3. The molecular formula is C19H21F2N3O4. The van der Waals surface area contributed by atoms with Crippen molar-refractivity contribution in [3.05, 3.63) is 32.4 Å². The second kappa shape index (κ2) is 7.44. The average molecular weight is 393 g/mol. The highest BCUT2D eigenvalue weighted by Gasteiger charge is 2.33. The number of nitrogens with one attached hydrogen (secondary N) is 1. The normalized spacial score (nSPS) is 19.0. The minimum atomic E-state index is -2.67. The molecule has 150 valence electrons. The minimum Gasteiger partial charge on any atom is -0.403 e. The largest absolute Gasteiger partial charge is 0.403 e. The highest BCUT2D eigenvalue weighted by molar-refractivity contribution is 5.84. The number of rotatable bonds is 6. The van der Waals surface area contributed by atoms with Gasteiger partial charge in [-0.15, -0.1) is 0 Å². The van der Waals surface area contributed by atoms with Crippen molar-refractivity contribution in [2.45, 2.75) is 63.7 Å². The van der Waals surface area contributed by atoms with Gasteiger partial charge in [0.15, 0.2) is 0 Å². The smallest absolute Gasteiger partial charge is 0.337 e. The third-order valence-corrected chi connectivity index (χ3v) is 5.25. The summed E-state index contributed by atoms with van der Waals surface area (Å²) in [5, 5.41) is 4.05. The molecule has 0 radical (unpaired) electrons. The first-order chi connectivity index (χ1) is 13.4. The Kier molecular flexibility index (Phi) is 4.99. The molecule has 2 aliphatic carbocycles. The number of oxime groups is 1. The molecule has 0 saturated heterocycles. The van der Waals surface area contributed by atoms with Crippen LogP contribution in [0.4, 0.5) is 8.78 Å². The minimum absolute atomic E-state index is 0.108. The van der Waals surface area contributed by atoms with Crippen molar-refractivity contribution < 1.29 is 18.0 Å². The first-order valence-corrected chi connectivity index (χ1v) is 9.57. The number of alkyl halides is 2. The molecule has 7 nitrogen and oxygen atoms in total. The number of halogens is 2. The number of aromatic amines is 1. The van der Waals surface area contributed by atoms with Crippen LogP contribution in [0.5, 0.6) is 6.01 Å². The van der Waals surface area contributed by atoms with E-state index in [4.69, 9.17) is 9.25 Å². The summed E-state index contributed by atoms with van der Waals surface area (Å²) >= 11 is 0. The number of fused-ring (bicyclic) bond motifs is 1. The molecule has 0 unspecified atom stereocenters. The molecule has 9 heteroatoms. The van der Waals surface area contributed by atoms with Crippen LogP contribution in [0.1, 0.15) is 56.9 Å². The fourth-order valence-corrected chi connectivity index (χ4v) is 3.46. The third-order valence-electron chi connectivity index (χ3n) is 5.25. The Bertz CT molecular complexity index is 1010. The molecule has 0 spiro atoms. The molecule has 0 aromatic carbocycles. The molecule has 4 rings (SSSR count). The molecule has 0 amide bonds. The van der Waals surface area contributed by atoms with Gasteiger partial charge in [-0.3, -0.25) is 9.78 Å². The number of aromatic nitrogens is 2. The summed E-state index contributed by atoms with van der Waals surface area (Å²) in [6, 6.07) is 1.09. The van der Waals surface area contributed by atoms with Crippen LogP contribution in [0.15, 0.2) is 25.2 Å². The Labute approximate surface area is 158 Å². The number of H-pyrrole nitrogens is 1. The van der Waals surface area contributed by atoms with E-state index in [0.717, 1.165) is 18.8 Å². The molecule has 2 heterocycles. The van der Waals surface area contributed by atoms with Gasteiger partial charge >= 0.3 is 11.6 Å². The lowest BCUT2D eigenvalue weighted by Gasteiger charge is -2.21. The number of nitrogens with zero attached hydrogens (tertiary/aromatic N) is 2. The van der Waals surface area contributed by atoms with Gasteiger partial charge in [0.1, 0.15) is 5.39 Å². The molecule has 2 aromatic heterocycles. The molecule has 2 saturated carbocycles. The van der Waals surface area contributed by atoms with Crippen LogP contribution in [0.3, 0.4) is 0 Å². The maximum Gasteiger partial charge on any atom is 0.337 e. The van der Waals surface area contributed by atoms with Crippen LogP contribution in [0.2, 0.25) is 0 Å². The molecule has 2 fully saturated rings. The van der Waals surface area contributed by atoms with E-state index in [1.807, 2.05) is 0 Å². The summed E-state index contributed by atoms with van der Waals surface area (Å²) in [4.78, 5) is 36.0. The summed E-state index contributed by atoms with van der Waals surface area (Å²) in [5.74, 6) is -1.91. The zero-order valence-corrected chi connectivity index (χ0v) is 15.3. The van der Waals surface area contributed by atoms with Crippen molar-refractivity contribution in [1.82, 2.24) is 9.97 Å². The third kappa shape index (κ3) is 4.45. The first-order valence-electron chi connectivity index (χ1n) is 9.57. The number of aryl methyl sites for hydroxylation is 1. The van der Waals surface area contributed by atoms with Gasteiger partial charge in [0.05, 0.1) is 5.71 Å². The van der Waals surface area contributed by atoms with Crippen molar-refractivity contribution in [2.75, 3.05) is 0 Å². The van der Waals surface area contributed by atoms with Crippen LogP contribution in [0, 0.1) is 5.92 Å². The Balaban J connectivity index is 1.54. The van der Waals surface area contributed by atoms with Gasteiger partial charge in [0, 0.05) is 18.9 Å². The van der Waals surface area contributed by atoms with Crippen LogP contribution in [0.25, 0.3) is 11.1 Å². The maximum absolute atomic E-state index is 13.2. The van der Waals surface area contributed by atoms with Gasteiger partial charge in [-0.05, 0) is 37.2 Å². The van der Waals surface area contributed by atoms with Gasteiger partial charge in [0.25, 0.3) is 5.56 Å². The fourth-order valence-electron chi connectivity index (χ4n) is 3.46. The van der Waals surface area contributed by atoms with Crippen molar-refractivity contribution in [3.63, 3.8) is 0 Å². The van der Waals surface area contributed by atoms with E-state index in [2.05, 4.69) is 15.1 Å². The predicted molar refractivity (Wildman–Crippen MR) is 98.0 cm³/mol. The van der Waals surface area contributed by atoms with Gasteiger partial charge < -0.3 is 9.25 Å². The standard InChI is InChI=1S/C19H21F2N3O4/c20-19(21)8-6-13(7-9-19)24-28-18-22-16(26)15-12(3-1-2-11-4-5-11)10-14(25)27-17(15)23-18/h10-11H,1-9H2,(H,22,23,26). The lowest BCUT2D eigenvalue weighted by atomic mass is 9.95. The first kappa shape index (κ1) is 18.8. The van der Waals surface area contributed by atoms with E-state index in [1.165, 1.54) is 18.9 Å². The van der Waals surface area contributed by atoms with E-state index in [-0.39, 0.29) is 42.8 Å². The lowest BCUT2D eigenvalue weighted by Crippen LogP contribution is -2.25. The Morgan fingerprint density at radius 2 is 2.04 bits per heavy atom. The van der Waals surface area contributed by atoms with E-state index in [0.29, 0.717) is 17.7 Å². The van der Waals surface area contributed by atoms with Crippen LogP contribution in [-0.4, -0.2) is 21.6 Å². The fraction of sp³-hybridized carbons (Fsp3) is 0.579. The summed E-state index contributed by atoms with van der Waals surface area (Å²) in [7, 11) is 0. The lowest BCUT2D eigenvalue weighted by molar-refractivity contribution is -0.0185. The zero-order chi connectivity index (χ0) is 19.7. The van der Waals surface area contributed by atoms with Crippen LogP contribution >= 0.6 is 0 Å². The second-order valence-electron chi connectivity index (χ2n) is 7.58. The molecule has 1 N–H and O–H groups in total. The maximum atomic E-state index is 13.2. The van der Waals surface area contributed by atoms with Crippen molar-refractivity contribution in [1.29, 1.82) is 0 Å². The molecule has 0 aliphatic heterocycles. The van der Waals surface area contributed by atoms with E-state index < -0.39 is 17.1 Å². The molecule has 0 atom stereocenters. The zero-order valence-electron chi connectivity index (χ0n) is 15.3. The molecule has 0 bridgehead atoms. The number of hydrogen-bond donors (Lipinski definition) is 1. The SMILES string of the molecule is O=c1cc(CCCC2CC2)c2c(=O)[nH]c(ON=C3CCC(F)(F)CC3)nc2o1. The van der Waals surface area contributed by atoms with Crippen LogP contribution < -0.4 is 16.0 Å². The van der Waals surface area contributed by atoms with Gasteiger partial charge in [-0.25, -0.2) is 13.6 Å². The van der Waals surface area contributed by atoms with Crippen LogP contribution in [-0.2, 0) is 6.42 Å². The molecule has 28 heavy (non-hydrogen) atoms.